The van der Waals surface area contributed by atoms with E-state index in [2.05, 4.69) is 36.2 Å². The predicted octanol–water partition coefficient (Wildman–Crippen LogP) is 2.72. The molecule has 2 aromatic rings. The fraction of sp³-hybridized carbons (Fsp3) is 0.412. The molecule has 1 amide bonds. The van der Waals surface area contributed by atoms with Crippen LogP contribution in [-0.2, 0) is 17.6 Å². The minimum Gasteiger partial charge on any atom is -0.341 e. The van der Waals surface area contributed by atoms with E-state index in [1.807, 2.05) is 12.3 Å². The normalized spacial score (nSPS) is 12.2. The van der Waals surface area contributed by atoms with Crippen LogP contribution in [0.1, 0.15) is 25.1 Å². The fourth-order valence-corrected chi connectivity index (χ4v) is 2.91. The van der Waals surface area contributed by atoms with Crippen molar-refractivity contribution in [3.63, 3.8) is 0 Å². The Labute approximate surface area is 136 Å². The number of benzene rings is 1. The van der Waals surface area contributed by atoms with Gasteiger partial charge in [0.1, 0.15) is 5.01 Å². The first kappa shape index (κ1) is 16.6. The van der Waals surface area contributed by atoms with Gasteiger partial charge in [-0.3, -0.25) is 4.79 Å². The van der Waals surface area contributed by atoms with Gasteiger partial charge < -0.3 is 10.6 Å². The molecule has 0 spiro atoms. The van der Waals surface area contributed by atoms with Crippen LogP contribution in [0.2, 0.25) is 0 Å². The number of carbonyl (C=O) groups excluding carboxylic acids is 1. The first-order valence-electron chi connectivity index (χ1n) is 7.54. The number of likely N-dealkylation sites (N-methyl/N-ethyl adjacent to an activating group) is 1. The van der Waals surface area contributed by atoms with Crippen molar-refractivity contribution in [1.29, 1.82) is 0 Å². The molecule has 2 rings (SSSR count). The lowest BCUT2D eigenvalue weighted by Crippen LogP contribution is -2.40. The van der Waals surface area contributed by atoms with Crippen LogP contribution in [0.5, 0.6) is 0 Å². The number of nitrogens with two attached hydrogens (primary N) is 1. The zero-order valence-electron chi connectivity index (χ0n) is 13.4. The average Bonchev–Trinajstić information content (AvgIpc) is 3.01. The Bertz CT molecular complexity index is 621. The average molecular weight is 317 g/mol. The number of carbonyl (C=O) groups is 1. The summed E-state index contributed by atoms with van der Waals surface area (Å²) in [5.41, 5.74) is 8.83. The molecule has 0 aliphatic heterocycles. The van der Waals surface area contributed by atoms with E-state index in [9.17, 15) is 4.79 Å². The summed E-state index contributed by atoms with van der Waals surface area (Å²) in [6, 6.07) is 8.47. The van der Waals surface area contributed by atoms with Crippen molar-refractivity contribution in [3.05, 3.63) is 40.9 Å². The monoisotopic (exact) mass is 317 g/mol. The summed E-state index contributed by atoms with van der Waals surface area (Å²) >= 11 is 1.58. The number of aryl methyl sites for hydroxylation is 1. The van der Waals surface area contributed by atoms with Gasteiger partial charge in [0.2, 0.25) is 5.91 Å². The second-order valence-corrected chi connectivity index (χ2v) is 6.32. The van der Waals surface area contributed by atoms with Gasteiger partial charge in [-0.05, 0) is 18.9 Å². The van der Waals surface area contributed by atoms with Gasteiger partial charge in [-0.2, -0.15) is 0 Å². The molecule has 118 valence electrons. The van der Waals surface area contributed by atoms with E-state index in [0.717, 1.165) is 22.7 Å². The highest BCUT2D eigenvalue weighted by Crippen LogP contribution is 2.24. The van der Waals surface area contributed by atoms with E-state index >= 15 is 0 Å². The molecular weight excluding hydrogens is 294 g/mol. The summed E-state index contributed by atoms with van der Waals surface area (Å²) in [6.45, 7) is 4.55. The Morgan fingerprint density at radius 1 is 1.36 bits per heavy atom. The minimum absolute atomic E-state index is 0.0483. The zero-order valence-corrected chi connectivity index (χ0v) is 14.2. The molecule has 0 bridgehead atoms. The molecule has 22 heavy (non-hydrogen) atoms. The summed E-state index contributed by atoms with van der Waals surface area (Å²) in [6.07, 6.45) is 1.36. The van der Waals surface area contributed by atoms with Crippen LogP contribution in [0.4, 0.5) is 0 Å². The minimum atomic E-state index is 0.0483. The van der Waals surface area contributed by atoms with Crippen molar-refractivity contribution in [2.24, 2.45) is 5.73 Å². The highest BCUT2D eigenvalue weighted by Gasteiger charge is 2.16. The molecule has 2 N–H and O–H groups in total. The Hall–Kier alpha value is -1.72. The van der Waals surface area contributed by atoms with Crippen molar-refractivity contribution in [2.75, 3.05) is 13.6 Å². The third kappa shape index (κ3) is 3.93. The van der Waals surface area contributed by atoms with Crippen LogP contribution in [0.15, 0.2) is 29.6 Å². The van der Waals surface area contributed by atoms with Crippen molar-refractivity contribution in [3.8, 4) is 10.6 Å². The van der Waals surface area contributed by atoms with Crippen LogP contribution in [0.25, 0.3) is 10.6 Å². The Balaban J connectivity index is 2.06. The van der Waals surface area contributed by atoms with Gasteiger partial charge in [0.25, 0.3) is 0 Å². The van der Waals surface area contributed by atoms with Gasteiger partial charge in [0.15, 0.2) is 0 Å². The van der Waals surface area contributed by atoms with Gasteiger partial charge in [-0.1, -0.05) is 31.2 Å². The Morgan fingerprint density at radius 2 is 2.05 bits per heavy atom. The molecule has 1 aromatic heterocycles. The van der Waals surface area contributed by atoms with Crippen molar-refractivity contribution < 1.29 is 4.79 Å². The van der Waals surface area contributed by atoms with Gasteiger partial charge in [-0.25, -0.2) is 4.98 Å². The first-order chi connectivity index (χ1) is 10.5. The van der Waals surface area contributed by atoms with Crippen LogP contribution < -0.4 is 5.73 Å². The first-order valence-corrected chi connectivity index (χ1v) is 8.42. The summed E-state index contributed by atoms with van der Waals surface area (Å²) in [5.74, 6) is 0.0520. The SMILES string of the molecule is CCc1ccc(-c2nc(CC(=O)N(C)C(C)CN)cs2)cc1. The molecule has 1 atom stereocenters. The summed E-state index contributed by atoms with van der Waals surface area (Å²) in [4.78, 5) is 18.4. The quantitative estimate of drug-likeness (QED) is 0.891. The number of aromatic nitrogens is 1. The number of thiazole rings is 1. The molecule has 1 heterocycles. The second kappa shape index (κ2) is 7.51. The third-order valence-corrected chi connectivity index (χ3v) is 4.83. The van der Waals surface area contributed by atoms with Crippen LogP contribution >= 0.6 is 11.3 Å². The molecule has 0 fully saturated rings. The zero-order chi connectivity index (χ0) is 16.1. The molecular formula is C17H23N3OS. The molecule has 5 heteroatoms. The number of hydrogen-bond acceptors (Lipinski definition) is 4. The summed E-state index contributed by atoms with van der Waals surface area (Å²) in [5, 5.41) is 2.92. The predicted molar refractivity (Wildman–Crippen MR) is 91.9 cm³/mol. The lowest BCUT2D eigenvalue weighted by atomic mass is 10.1. The lowest BCUT2D eigenvalue weighted by molar-refractivity contribution is -0.130. The van der Waals surface area contributed by atoms with E-state index < -0.39 is 0 Å². The van der Waals surface area contributed by atoms with Crippen LogP contribution in [-0.4, -0.2) is 35.4 Å². The third-order valence-electron chi connectivity index (χ3n) is 3.89. The maximum absolute atomic E-state index is 12.2. The number of rotatable bonds is 6. The molecule has 1 unspecified atom stereocenters. The van der Waals surface area contributed by atoms with Gasteiger partial charge in [-0.15, -0.1) is 11.3 Å². The molecule has 0 saturated carbocycles. The van der Waals surface area contributed by atoms with E-state index in [1.165, 1.54) is 5.56 Å². The highest BCUT2D eigenvalue weighted by atomic mass is 32.1. The summed E-state index contributed by atoms with van der Waals surface area (Å²) in [7, 11) is 1.79. The smallest absolute Gasteiger partial charge is 0.228 e. The molecule has 0 saturated heterocycles. The molecule has 0 aliphatic rings. The topological polar surface area (TPSA) is 59.2 Å². The van der Waals surface area contributed by atoms with E-state index in [-0.39, 0.29) is 11.9 Å². The largest absolute Gasteiger partial charge is 0.341 e. The van der Waals surface area contributed by atoms with Crippen LogP contribution in [0, 0.1) is 0 Å². The molecule has 0 radical (unpaired) electrons. The maximum atomic E-state index is 12.2. The highest BCUT2D eigenvalue weighted by molar-refractivity contribution is 7.13. The number of hydrogen-bond donors (Lipinski definition) is 1. The van der Waals surface area contributed by atoms with Gasteiger partial charge in [0, 0.05) is 30.6 Å². The van der Waals surface area contributed by atoms with Crippen molar-refractivity contribution >= 4 is 17.2 Å². The summed E-state index contributed by atoms with van der Waals surface area (Å²) < 4.78 is 0. The molecule has 4 nitrogen and oxygen atoms in total. The van der Waals surface area contributed by atoms with E-state index in [4.69, 9.17) is 5.73 Å². The van der Waals surface area contributed by atoms with Crippen LogP contribution in [0.3, 0.4) is 0 Å². The van der Waals surface area contributed by atoms with Crippen molar-refractivity contribution in [1.82, 2.24) is 9.88 Å². The Morgan fingerprint density at radius 3 is 2.64 bits per heavy atom. The Kier molecular flexibility index (Phi) is 5.69. The standard InChI is InChI=1S/C17H23N3OS/c1-4-13-5-7-14(8-6-13)17-19-15(11-22-17)9-16(21)20(3)12(2)10-18/h5-8,11-12H,4,9-10,18H2,1-3H3. The molecule has 1 aromatic carbocycles. The maximum Gasteiger partial charge on any atom is 0.228 e. The molecule has 0 aliphatic carbocycles. The number of nitrogens with zero attached hydrogens (tertiary/aromatic N) is 2. The van der Waals surface area contributed by atoms with Gasteiger partial charge >= 0.3 is 0 Å². The van der Waals surface area contributed by atoms with E-state index in [1.54, 1.807) is 23.3 Å². The fourth-order valence-electron chi connectivity index (χ4n) is 2.09. The second-order valence-electron chi connectivity index (χ2n) is 5.46. The number of amides is 1. The van der Waals surface area contributed by atoms with E-state index in [0.29, 0.717) is 13.0 Å². The van der Waals surface area contributed by atoms with Gasteiger partial charge in [0.05, 0.1) is 12.1 Å². The van der Waals surface area contributed by atoms with Crippen molar-refractivity contribution in [2.45, 2.75) is 32.7 Å². The lowest BCUT2D eigenvalue weighted by Gasteiger charge is -2.23.